The number of carbonyl (C=O) groups excluding carboxylic acids is 1. The summed E-state index contributed by atoms with van der Waals surface area (Å²) < 4.78 is 26.5. The molecule has 2 unspecified atom stereocenters. The van der Waals surface area contributed by atoms with Gasteiger partial charge in [-0.1, -0.05) is 0 Å². The SMILES string of the molecule is CC(CO)NS(=O)(=O)c1ccc2c(c1)C(C)C(=O)N2. The van der Waals surface area contributed by atoms with Crippen molar-refractivity contribution < 1.29 is 18.3 Å². The van der Waals surface area contributed by atoms with Crippen molar-refractivity contribution in [1.82, 2.24) is 4.72 Å². The predicted molar refractivity (Wildman–Crippen MR) is 70.4 cm³/mol. The third kappa shape index (κ3) is 2.63. The molecule has 2 atom stereocenters. The summed E-state index contributed by atoms with van der Waals surface area (Å²) in [5.41, 5.74) is 1.32. The summed E-state index contributed by atoms with van der Waals surface area (Å²) in [5, 5.41) is 11.6. The van der Waals surface area contributed by atoms with Crippen LogP contribution in [0.3, 0.4) is 0 Å². The second kappa shape index (κ2) is 4.92. The molecule has 19 heavy (non-hydrogen) atoms. The smallest absolute Gasteiger partial charge is 0.240 e. The minimum absolute atomic E-state index is 0.0925. The van der Waals surface area contributed by atoms with E-state index in [1.165, 1.54) is 12.1 Å². The molecule has 0 spiro atoms. The van der Waals surface area contributed by atoms with Crippen LogP contribution in [0.4, 0.5) is 5.69 Å². The highest BCUT2D eigenvalue weighted by Gasteiger charge is 2.28. The van der Waals surface area contributed by atoms with E-state index in [9.17, 15) is 13.2 Å². The Labute approximate surface area is 111 Å². The van der Waals surface area contributed by atoms with Crippen molar-refractivity contribution >= 4 is 21.6 Å². The number of amides is 1. The van der Waals surface area contributed by atoms with Crippen molar-refractivity contribution in [3.05, 3.63) is 23.8 Å². The van der Waals surface area contributed by atoms with E-state index in [0.717, 1.165) is 0 Å². The zero-order chi connectivity index (χ0) is 14.2. The van der Waals surface area contributed by atoms with E-state index in [4.69, 9.17) is 5.11 Å². The molecule has 1 aromatic rings. The maximum Gasteiger partial charge on any atom is 0.240 e. The lowest BCUT2D eigenvalue weighted by Crippen LogP contribution is -2.35. The van der Waals surface area contributed by atoms with Gasteiger partial charge < -0.3 is 10.4 Å². The van der Waals surface area contributed by atoms with Crippen LogP contribution in [0.15, 0.2) is 23.1 Å². The van der Waals surface area contributed by atoms with Crippen molar-refractivity contribution in [2.75, 3.05) is 11.9 Å². The molecule has 6 nitrogen and oxygen atoms in total. The lowest BCUT2D eigenvalue weighted by molar-refractivity contribution is -0.116. The Morgan fingerprint density at radius 3 is 2.79 bits per heavy atom. The summed E-state index contributed by atoms with van der Waals surface area (Å²) in [5.74, 6) is -0.498. The maximum atomic E-state index is 12.1. The second-order valence-corrected chi connectivity index (χ2v) is 6.38. The molecular weight excluding hydrogens is 268 g/mol. The molecule has 1 aliphatic heterocycles. The van der Waals surface area contributed by atoms with Crippen LogP contribution in [0.1, 0.15) is 25.3 Å². The van der Waals surface area contributed by atoms with E-state index in [-0.39, 0.29) is 23.3 Å². The van der Waals surface area contributed by atoms with E-state index >= 15 is 0 Å². The molecule has 0 aromatic heterocycles. The average molecular weight is 284 g/mol. The molecule has 3 N–H and O–H groups in total. The summed E-state index contributed by atoms with van der Waals surface area (Å²) in [6.07, 6.45) is 0. The lowest BCUT2D eigenvalue weighted by Gasteiger charge is -2.12. The van der Waals surface area contributed by atoms with Gasteiger partial charge in [-0.05, 0) is 37.6 Å². The van der Waals surface area contributed by atoms with Crippen molar-refractivity contribution in [2.45, 2.75) is 30.7 Å². The Morgan fingerprint density at radius 2 is 2.16 bits per heavy atom. The highest BCUT2D eigenvalue weighted by Crippen LogP contribution is 2.33. The Morgan fingerprint density at radius 1 is 1.47 bits per heavy atom. The topological polar surface area (TPSA) is 95.5 Å². The number of aliphatic hydroxyl groups excluding tert-OH is 1. The minimum Gasteiger partial charge on any atom is -0.395 e. The first-order valence-corrected chi connectivity index (χ1v) is 7.41. The van der Waals surface area contributed by atoms with Gasteiger partial charge in [-0.3, -0.25) is 4.79 Å². The molecule has 0 saturated carbocycles. The molecule has 1 heterocycles. The van der Waals surface area contributed by atoms with Crippen LogP contribution in [0.2, 0.25) is 0 Å². The van der Waals surface area contributed by atoms with Crippen LogP contribution in [0.5, 0.6) is 0 Å². The molecule has 0 bridgehead atoms. The molecule has 1 amide bonds. The maximum absolute atomic E-state index is 12.1. The van der Waals surface area contributed by atoms with Gasteiger partial charge in [0.05, 0.1) is 17.4 Å². The van der Waals surface area contributed by atoms with E-state index in [1.54, 1.807) is 19.9 Å². The number of carbonyl (C=O) groups is 1. The predicted octanol–water partition coefficient (Wildman–Crippen LogP) is 0.401. The number of rotatable bonds is 4. The van der Waals surface area contributed by atoms with Crippen molar-refractivity contribution in [3.63, 3.8) is 0 Å². The third-order valence-electron chi connectivity index (χ3n) is 3.08. The van der Waals surface area contributed by atoms with Crippen LogP contribution in [0, 0.1) is 0 Å². The van der Waals surface area contributed by atoms with E-state index < -0.39 is 16.1 Å². The highest BCUT2D eigenvalue weighted by atomic mass is 32.2. The second-order valence-electron chi connectivity index (χ2n) is 4.66. The molecule has 0 saturated heterocycles. The summed E-state index contributed by atoms with van der Waals surface area (Å²) in [7, 11) is -3.68. The van der Waals surface area contributed by atoms with Gasteiger partial charge in [0.1, 0.15) is 0 Å². The summed E-state index contributed by atoms with van der Waals surface area (Å²) in [6, 6.07) is 3.94. The van der Waals surface area contributed by atoms with Gasteiger partial charge in [0.25, 0.3) is 0 Å². The number of fused-ring (bicyclic) bond motifs is 1. The number of hydrogen-bond donors (Lipinski definition) is 3. The molecule has 2 rings (SSSR count). The lowest BCUT2D eigenvalue weighted by atomic mass is 10.0. The standard InChI is InChI=1S/C12H16N2O4S/c1-7(6-15)14-19(17,18)9-3-4-11-10(5-9)8(2)12(16)13-11/h3-5,7-8,14-15H,6H2,1-2H3,(H,13,16). The number of benzene rings is 1. The van der Waals surface area contributed by atoms with Crippen LogP contribution >= 0.6 is 0 Å². The fourth-order valence-electron chi connectivity index (χ4n) is 1.93. The Balaban J connectivity index is 2.36. The number of aliphatic hydroxyl groups is 1. The molecule has 0 radical (unpaired) electrons. The molecular formula is C12H16N2O4S. The minimum atomic E-state index is -3.68. The zero-order valence-corrected chi connectivity index (χ0v) is 11.5. The Kier molecular flexibility index (Phi) is 3.62. The van der Waals surface area contributed by atoms with Crippen molar-refractivity contribution in [2.24, 2.45) is 0 Å². The van der Waals surface area contributed by atoms with Crippen LogP contribution in [-0.2, 0) is 14.8 Å². The number of sulfonamides is 1. The van der Waals surface area contributed by atoms with Crippen LogP contribution in [0.25, 0.3) is 0 Å². The molecule has 104 valence electrons. The molecule has 0 aliphatic carbocycles. The first kappa shape index (κ1) is 14.0. The molecule has 1 aromatic carbocycles. The summed E-state index contributed by atoms with van der Waals surface area (Å²) in [4.78, 5) is 11.6. The number of nitrogens with one attached hydrogen (secondary N) is 2. The van der Waals surface area contributed by atoms with E-state index in [2.05, 4.69) is 10.0 Å². The van der Waals surface area contributed by atoms with E-state index in [0.29, 0.717) is 11.3 Å². The summed E-state index contributed by atoms with van der Waals surface area (Å²) in [6.45, 7) is 3.01. The average Bonchev–Trinajstić information content (AvgIpc) is 2.64. The fraction of sp³-hybridized carbons (Fsp3) is 0.417. The van der Waals surface area contributed by atoms with Crippen molar-refractivity contribution in [1.29, 1.82) is 0 Å². The number of anilines is 1. The first-order chi connectivity index (χ1) is 8.85. The van der Waals surface area contributed by atoms with Crippen LogP contribution < -0.4 is 10.0 Å². The van der Waals surface area contributed by atoms with Gasteiger partial charge in [-0.2, -0.15) is 0 Å². The zero-order valence-electron chi connectivity index (χ0n) is 10.7. The summed E-state index contributed by atoms with van der Waals surface area (Å²) >= 11 is 0. The van der Waals surface area contributed by atoms with Gasteiger partial charge in [-0.15, -0.1) is 0 Å². The number of hydrogen-bond acceptors (Lipinski definition) is 4. The largest absolute Gasteiger partial charge is 0.395 e. The normalized spacial score (nSPS) is 19.9. The Bertz CT molecular complexity index is 612. The monoisotopic (exact) mass is 284 g/mol. The molecule has 0 fully saturated rings. The molecule has 7 heteroatoms. The fourth-order valence-corrected chi connectivity index (χ4v) is 3.20. The van der Waals surface area contributed by atoms with Crippen molar-refractivity contribution in [3.8, 4) is 0 Å². The quantitative estimate of drug-likeness (QED) is 0.746. The first-order valence-electron chi connectivity index (χ1n) is 5.93. The van der Waals surface area contributed by atoms with Gasteiger partial charge in [0, 0.05) is 11.7 Å². The van der Waals surface area contributed by atoms with Crippen LogP contribution in [-0.4, -0.2) is 32.1 Å². The van der Waals surface area contributed by atoms with Gasteiger partial charge >= 0.3 is 0 Å². The third-order valence-corrected chi connectivity index (χ3v) is 4.67. The van der Waals surface area contributed by atoms with Gasteiger partial charge in [-0.25, -0.2) is 13.1 Å². The van der Waals surface area contributed by atoms with E-state index in [1.807, 2.05) is 0 Å². The highest BCUT2D eigenvalue weighted by molar-refractivity contribution is 7.89. The van der Waals surface area contributed by atoms with Gasteiger partial charge in [0.15, 0.2) is 0 Å². The van der Waals surface area contributed by atoms with Gasteiger partial charge in [0.2, 0.25) is 15.9 Å². The molecule has 1 aliphatic rings. The Hall–Kier alpha value is -1.44.